The first-order valence-corrected chi connectivity index (χ1v) is 19.3. The van der Waals surface area contributed by atoms with Crippen molar-refractivity contribution in [2.45, 2.75) is 179 Å². The van der Waals surface area contributed by atoms with Crippen LogP contribution in [0.25, 0.3) is 0 Å². The van der Waals surface area contributed by atoms with Gasteiger partial charge >= 0.3 is 0 Å². The summed E-state index contributed by atoms with van der Waals surface area (Å²) in [6.07, 6.45) is 20.6. The lowest BCUT2D eigenvalue weighted by molar-refractivity contribution is 0.0331. The Labute approximate surface area is 272 Å². The van der Waals surface area contributed by atoms with Gasteiger partial charge in [0.15, 0.2) is 0 Å². The molecule has 0 heteroatoms. The summed E-state index contributed by atoms with van der Waals surface area (Å²) in [7, 11) is 0. The van der Waals surface area contributed by atoms with E-state index in [2.05, 4.69) is 83.1 Å². The van der Waals surface area contributed by atoms with Gasteiger partial charge in [-0.3, -0.25) is 0 Å². The minimum absolute atomic E-state index is 0.426. The highest BCUT2D eigenvalue weighted by atomic mass is 14.5. The smallest absolute Gasteiger partial charge is 0.0134 e. The van der Waals surface area contributed by atoms with E-state index in [9.17, 15) is 0 Å². The van der Waals surface area contributed by atoms with Crippen molar-refractivity contribution in [3.63, 3.8) is 0 Å². The maximum atomic E-state index is 4.94. The lowest BCUT2D eigenvalue weighted by Gasteiger charge is -2.55. The molecule has 3 aliphatic carbocycles. The lowest BCUT2D eigenvalue weighted by Crippen LogP contribution is -2.45. The van der Waals surface area contributed by atoms with E-state index in [1.807, 2.05) is 0 Å². The van der Waals surface area contributed by atoms with Crippen molar-refractivity contribution in [2.75, 3.05) is 0 Å². The summed E-state index contributed by atoms with van der Waals surface area (Å²) in [6.45, 7) is 39.6. The van der Waals surface area contributed by atoms with Gasteiger partial charge in [0.2, 0.25) is 0 Å². The molecule has 10 atom stereocenters. The molecule has 0 spiro atoms. The quantitative estimate of drug-likeness (QED) is 0.175. The van der Waals surface area contributed by atoms with Crippen molar-refractivity contribution in [3.8, 4) is 0 Å². The standard InChI is InChI=1S/C43H78/c1-15-41(11,12)31(5)21-19-27-43(14,17-3)35-23-25-37-32(6)38-28-34(22-24-36(38)33(7)39(37)29-35)42(13,16-2)26-18-20-30(4)40(8,9)10/h30-31,34-39H,6-7,15-29H2,1-5,8-14H3. The van der Waals surface area contributed by atoms with Crippen LogP contribution in [0.15, 0.2) is 24.3 Å². The van der Waals surface area contributed by atoms with E-state index in [1.165, 1.54) is 96.3 Å². The number of fused-ring (bicyclic) bond motifs is 2. The van der Waals surface area contributed by atoms with Gasteiger partial charge < -0.3 is 0 Å². The molecule has 3 fully saturated rings. The van der Waals surface area contributed by atoms with Crippen LogP contribution < -0.4 is 0 Å². The van der Waals surface area contributed by atoms with Gasteiger partial charge in [-0.2, -0.15) is 0 Å². The Balaban J connectivity index is 1.64. The highest BCUT2D eigenvalue weighted by molar-refractivity contribution is 5.28. The molecule has 3 rings (SSSR count). The zero-order chi connectivity index (χ0) is 32.4. The fourth-order valence-corrected chi connectivity index (χ4v) is 10.00. The zero-order valence-corrected chi connectivity index (χ0v) is 31.6. The second-order valence-corrected chi connectivity index (χ2v) is 18.9. The van der Waals surface area contributed by atoms with E-state index >= 15 is 0 Å². The van der Waals surface area contributed by atoms with Crippen molar-refractivity contribution in [3.05, 3.63) is 24.3 Å². The molecule has 43 heavy (non-hydrogen) atoms. The normalized spacial score (nSPS) is 32.7. The third kappa shape index (κ3) is 8.26. The molecule has 0 N–H and O–H groups in total. The first-order valence-electron chi connectivity index (χ1n) is 19.3. The average Bonchev–Trinajstić information content (AvgIpc) is 2.98. The molecule has 0 aromatic carbocycles. The summed E-state index contributed by atoms with van der Waals surface area (Å²) in [5.74, 6) is 6.11. The number of rotatable bonds is 14. The topological polar surface area (TPSA) is 0 Å². The molecular weight excluding hydrogens is 516 g/mol. The van der Waals surface area contributed by atoms with Crippen LogP contribution in [0, 0.1) is 69.0 Å². The molecule has 0 saturated heterocycles. The van der Waals surface area contributed by atoms with Crippen molar-refractivity contribution in [1.82, 2.24) is 0 Å². The predicted molar refractivity (Wildman–Crippen MR) is 193 cm³/mol. The Hall–Kier alpha value is -0.520. The molecule has 0 heterocycles. The molecule has 0 aromatic heterocycles. The largest absolute Gasteiger partial charge is 0.0993 e. The summed E-state index contributed by atoms with van der Waals surface area (Å²) in [5, 5.41) is 0. The van der Waals surface area contributed by atoms with Crippen molar-refractivity contribution in [1.29, 1.82) is 0 Å². The van der Waals surface area contributed by atoms with Gasteiger partial charge in [0, 0.05) is 0 Å². The number of hydrogen-bond acceptors (Lipinski definition) is 0. The van der Waals surface area contributed by atoms with Crippen LogP contribution in [-0.4, -0.2) is 0 Å². The maximum Gasteiger partial charge on any atom is -0.0134 e. The van der Waals surface area contributed by atoms with E-state index in [1.54, 1.807) is 11.1 Å². The maximum absolute atomic E-state index is 4.94. The van der Waals surface area contributed by atoms with E-state index in [0.29, 0.717) is 45.3 Å². The summed E-state index contributed by atoms with van der Waals surface area (Å²) >= 11 is 0. The third-order valence-electron chi connectivity index (χ3n) is 15.7. The Morgan fingerprint density at radius 1 is 0.581 bits per heavy atom. The lowest BCUT2D eigenvalue weighted by atomic mass is 9.50. The van der Waals surface area contributed by atoms with Crippen molar-refractivity contribution >= 4 is 0 Å². The van der Waals surface area contributed by atoms with Gasteiger partial charge in [0.1, 0.15) is 0 Å². The summed E-state index contributed by atoms with van der Waals surface area (Å²) in [4.78, 5) is 0. The molecule has 10 unspecified atom stereocenters. The summed E-state index contributed by atoms with van der Waals surface area (Å²) in [5.41, 5.74) is 5.15. The highest BCUT2D eigenvalue weighted by Gasteiger charge is 2.50. The molecule has 3 saturated carbocycles. The monoisotopic (exact) mass is 595 g/mol. The van der Waals surface area contributed by atoms with E-state index in [4.69, 9.17) is 13.2 Å². The second-order valence-electron chi connectivity index (χ2n) is 18.9. The fourth-order valence-electron chi connectivity index (χ4n) is 10.00. The fraction of sp³-hybridized carbons (Fsp3) is 0.907. The molecule has 0 amide bonds. The average molecular weight is 595 g/mol. The van der Waals surface area contributed by atoms with Crippen LogP contribution in [0.3, 0.4) is 0 Å². The van der Waals surface area contributed by atoms with Crippen molar-refractivity contribution < 1.29 is 0 Å². The van der Waals surface area contributed by atoms with Crippen LogP contribution in [-0.2, 0) is 0 Å². The minimum Gasteiger partial charge on any atom is -0.0993 e. The van der Waals surface area contributed by atoms with Gasteiger partial charge in [0.25, 0.3) is 0 Å². The van der Waals surface area contributed by atoms with Gasteiger partial charge in [-0.25, -0.2) is 0 Å². The summed E-state index contributed by atoms with van der Waals surface area (Å²) < 4.78 is 0. The molecule has 3 aliphatic rings. The first-order chi connectivity index (χ1) is 19.9. The Bertz CT molecular complexity index is 913. The Morgan fingerprint density at radius 3 is 1.33 bits per heavy atom. The third-order valence-corrected chi connectivity index (χ3v) is 15.7. The van der Waals surface area contributed by atoms with Gasteiger partial charge in [0.05, 0.1) is 0 Å². The predicted octanol–water partition coefficient (Wildman–Crippen LogP) is 14.1. The van der Waals surface area contributed by atoms with Crippen LogP contribution in [0.1, 0.15) is 179 Å². The Kier molecular flexibility index (Phi) is 12.5. The molecule has 0 bridgehead atoms. The number of hydrogen-bond donors (Lipinski definition) is 0. The van der Waals surface area contributed by atoms with E-state index in [0.717, 1.165) is 23.7 Å². The van der Waals surface area contributed by atoms with E-state index in [-0.39, 0.29) is 0 Å². The second kappa shape index (κ2) is 14.5. The van der Waals surface area contributed by atoms with E-state index < -0.39 is 0 Å². The molecular formula is C43H78. The minimum atomic E-state index is 0.426. The number of allylic oxidation sites excluding steroid dienone is 2. The zero-order valence-electron chi connectivity index (χ0n) is 31.6. The van der Waals surface area contributed by atoms with Crippen molar-refractivity contribution in [2.24, 2.45) is 69.0 Å². The molecule has 250 valence electrons. The van der Waals surface area contributed by atoms with Crippen LogP contribution in [0.4, 0.5) is 0 Å². The van der Waals surface area contributed by atoms with Gasteiger partial charge in [-0.1, -0.05) is 152 Å². The van der Waals surface area contributed by atoms with Gasteiger partial charge in [-0.05, 0) is 120 Å². The molecule has 0 radical (unpaired) electrons. The summed E-state index contributed by atoms with van der Waals surface area (Å²) in [6, 6.07) is 0. The first kappa shape index (κ1) is 36.9. The van der Waals surface area contributed by atoms with Crippen LogP contribution in [0.5, 0.6) is 0 Å². The molecule has 0 aliphatic heterocycles. The van der Waals surface area contributed by atoms with Gasteiger partial charge in [-0.15, -0.1) is 0 Å². The Morgan fingerprint density at radius 2 is 0.977 bits per heavy atom. The van der Waals surface area contributed by atoms with Crippen LogP contribution >= 0.6 is 0 Å². The van der Waals surface area contributed by atoms with Crippen LogP contribution in [0.2, 0.25) is 0 Å². The molecule has 0 aromatic rings. The molecule has 0 nitrogen and oxygen atoms in total. The highest BCUT2D eigenvalue weighted by Crippen LogP contribution is 2.60. The SMILES string of the molecule is C=C1C2CCC(C(C)(CC)CCCC(C)C(C)(C)CC)CC2C(=C)C2CCC(C(C)(CC)CCCC(C)C(C)(C)C)CC12.